The monoisotopic (exact) mass is 263 g/mol. The first-order valence-corrected chi connectivity index (χ1v) is 6.46. The number of aromatic amines is 1. The second kappa shape index (κ2) is 5.07. The van der Waals surface area contributed by atoms with Crippen LogP contribution >= 0.6 is 0 Å². The van der Waals surface area contributed by atoms with Crippen molar-refractivity contribution in [3.8, 4) is 5.75 Å². The smallest absolute Gasteiger partial charge is 0.326 e. The number of aromatic nitrogens is 2. The van der Waals surface area contributed by atoms with Gasteiger partial charge in [-0.15, -0.1) is 0 Å². The van der Waals surface area contributed by atoms with Crippen LogP contribution in [0.2, 0.25) is 0 Å². The van der Waals surface area contributed by atoms with Gasteiger partial charge in [-0.3, -0.25) is 9.47 Å². The zero-order chi connectivity index (χ0) is 13.2. The molecule has 2 heterocycles. The Bertz CT molecular complexity index is 626. The lowest BCUT2D eigenvalue weighted by molar-refractivity contribution is 0.0364. The highest BCUT2D eigenvalue weighted by Gasteiger charge is 2.13. The number of phenols is 1. The predicted molar refractivity (Wildman–Crippen MR) is 71.5 cm³/mol. The van der Waals surface area contributed by atoms with Crippen molar-refractivity contribution in [3.05, 3.63) is 28.7 Å². The Balaban J connectivity index is 1.84. The first-order chi connectivity index (χ1) is 9.25. The Labute approximate surface area is 110 Å². The third kappa shape index (κ3) is 2.36. The Kier molecular flexibility index (Phi) is 3.27. The van der Waals surface area contributed by atoms with Gasteiger partial charge in [0.25, 0.3) is 0 Å². The van der Waals surface area contributed by atoms with Gasteiger partial charge in [0.1, 0.15) is 11.3 Å². The molecule has 1 saturated heterocycles. The van der Waals surface area contributed by atoms with Gasteiger partial charge in [0, 0.05) is 26.2 Å². The predicted octanol–water partition coefficient (Wildman–Crippen LogP) is 0.367. The number of para-hydroxylation sites is 1. The molecule has 0 atom stereocenters. The third-order valence-electron chi connectivity index (χ3n) is 3.51. The van der Waals surface area contributed by atoms with E-state index >= 15 is 0 Å². The molecule has 0 saturated carbocycles. The van der Waals surface area contributed by atoms with Crippen molar-refractivity contribution in [1.29, 1.82) is 0 Å². The summed E-state index contributed by atoms with van der Waals surface area (Å²) in [6, 6.07) is 5.11. The second-order valence-corrected chi connectivity index (χ2v) is 4.71. The highest BCUT2D eigenvalue weighted by molar-refractivity contribution is 5.81. The SMILES string of the molecule is O=c1[nH]c2cccc(O)c2n1CCN1CCOCC1. The fraction of sp³-hybridized carbons (Fsp3) is 0.462. The minimum absolute atomic E-state index is 0.137. The van der Waals surface area contributed by atoms with Crippen molar-refractivity contribution in [2.45, 2.75) is 6.54 Å². The number of phenolic OH excluding ortho intramolecular Hbond substituents is 1. The standard InChI is InChI=1S/C13H17N3O3/c17-11-3-1-2-10-12(11)16(13(18)14-10)5-4-15-6-8-19-9-7-15/h1-3,17H,4-9H2,(H,14,18). The number of nitrogens with one attached hydrogen (secondary N) is 1. The molecule has 6 heteroatoms. The number of hydrogen-bond acceptors (Lipinski definition) is 4. The first-order valence-electron chi connectivity index (χ1n) is 6.46. The van der Waals surface area contributed by atoms with Crippen LogP contribution in [0.5, 0.6) is 5.75 Å². The van der Waals surface area contributed by atoms with Gasteiger partial charge in [0.05, 0.1) is 18.7 Å². The van der Waals surface area contributed by atoms with E-state index < -0.39 is 0 Å². The van der Waals surface area contributed by atoms with Gasteiger partial charge in [0.2, 0.25) is 0 Å². The van der Waals surface area contributed by atoms with E-state index in [1.54, 1.807) is 22.8 Å². The van der Waals surface area contributed by atoms with Crippen molar-refractivity contribution in [2.24, 2.45) is 0 Å². The van der Waals surface area contributed by atoms with Gasteiger partial charge in [-0.2, -0.15) is 0 Å². The van der Waals surface area contributed by atoms with Crippen LogP contribution in [0.15, 0.2) is 23.0 Å². The number of ether oxygens (including phenoxy) is 1. The fourth-order valence-electron chi connectivity index (χ4n) is 2.48. The van der Waals surface area contributed by atoms with Gasteiger partial charge < -0.3 is 14.8 Å². The van der Waals surface area contributed by atoms with Crippen molar-refractivity contribution in [3.63, 3.8) is 0 Å². The number of hydrogen-bond donors (Lipinski definition) is 2. The van der Waals surface area contributed by atoms with E-state index in [0.717, 1.165) is 32.8 Å². The molecule has 1 aromatic heterocycles. The summed E-state index contributed by atoms with van der Waals surface area (Å²) in [5.41, 5.74) is 1.08. The highest BCUT2D eigenvalue weighted by atomic mass is 16.5. The molecule has 102 valence electrons. The Morgan fingerprint density at radius 1 is 1.26 bits per heavy atom. The van der Waals surface area contributed by atoms with Crippen molar-refractivity contribution >= 4 is 11.0 Å². The molecule has 19 heavy (non-hydrogen) atoms. The van der Waals surface area contributed by atoms with Crippen LogP contribution in [-0.4, -0.2) is 52.4 Å². The largest absolute Gasteiger partial charge is 0.506 e. The highest BCUT2D eigenvalue weighted by Crippen LogP contribution is 2.21. The van der Waals surface area contributed by atoms with Crippen LogP contribution in [0.4, 0.5) is 0 Å². The molecular formula is C13H17N3O3. The average Bonchev–Trinajstić information content (AvgIpc) is 2.75. The number of H-pyrrole nitrogens is 1. The molecule has 6 nitrogen and oxygen atoms in total. The van der Waals surface area contributed by atoms with Crippen molar-refractivity contribution < 1.29 is 9.84 Å². The van der Waals surface area contributed by atoms with E-state index in [0.29, 0.717) is 17.6 Å². The van der Waals surface area contributed by atoms with E-state index in [4.69, 9.17) is 4.74 Å². The minimum atomic E-state index is -0.176. The van der Waals surface area contributed by atoms with Gasteiger partial charge in [-0.25, -0.2) is 4.79 Å². The van der Waals surface area contributed by atoms with Crippen LogP contribution in [0.3, 0.4) is 0 Å². The van der Waals surface area contributed by atoms with E-state index in [2.05, 4.69) is 9.88 Å². The number of imidazole rings is 1. The molecule has 0 unspecified atom stereocenters. The van der Waals surface area contributed by atoms with Crippen molar-refractivity contribution in [1.82, 2.24) is 14.5 Å². The molecular weight excluding hydrogens is 246 g/mol. The molecule has 1 fully saturated rings. The lowest BCUT2D eigenvalue weighted by Crippen LogP contribution is -2.39. The topological polar surface area (TPSA) is 70.5 Å². The first kappa shape index (κ1) is 12.3. The summed E-state index contributed by atoms with van der Waals surface area (Å²) in [7, 11) is 0. The van der Waals surface area contributed by atoms with Gasteiger partial charge in [-0.1, -0.05) is 6.07 Å². The summed E-state index contributed by atoms with van der Waals surface area (Å²) in [5.74, 6) is 0.137. The van der Waals surface area contributed by atoms with E-state index in [-0.39, 0.29) is 11.4 Å². The van der Waals surface area contributed by atoms with Gasteiger partial charge in [0.15, 0.2) is 0 Å². The zero-order valence-electron chi connectivity index (χ0n) is 10.6. The molecule has 1 aliphatic rings. The fourth-order valence-corrected chi connectivity index (χ4v) is 2.48. The zero-order valence-corrected chi connectivity index (χ0v) is 10.6. The maximum absolute atomic E-state index is 11.9. The Hall–Kier alpha value is -1.79. The van der Waals surface area contributed by atoms with E-state index in [9.17, 15) is 9.90 Å². The number of benzene rings is 1. The molecule has 0 amide bonds. The molecule has 0 bridgehead atoms. The molecule has 0 aliphatic carbocycles. The van der Waals surface area contributed by atoms with Crippen LogP contribution in [0, 0.1) is 0 Å². The van der Waals surface area contributed by atoms with E-state index in [1.165, 1.54) is 0 Å². The second-order valence-electron chi connectivity index (χ2n) is 4.71. The molecule has 2 N–H and O–H groups in total. The number of nitrogens with zero attached hydrogens (tertiary/aromatic N) is 2. The Morgan fingerprint density at radius 2 is 2.05 bits per heavy atom. The molecule has 0 spiro atoms. The Morgan fingerprint density at radius 3 is 2.84 bits per heavy atom. The lowest BCUT2D eigenvalue weighted by Gasteiger charge is -2.26. The van der Waals surface area contributed by atoms with Crippen LogP contribution in [0.25, 0.3) is 11.0 Å². The average molecular weight is 263 g/mol. The van der Waals surface area contributed by atoms with Gasteiger partial charge >= 0.3 is 5.69 Å². The number of rotatable bonds is 3. The van der Waals surface area contributed by atoms with Crippen LogP contribution in [-0.2, 0) is 11.3 Å². The summed E-state index contributed by atoms with van der Waals surface area (Å²) >= 11 is 0. The van der Waals surface area contributed by atoms with Crippen molar-refractivity contribution in [2.75, 3.05) is 32.8 Å². The minimum Gasteiger partial charge on any atom is -0.506 e. The molecule has 1 aromatic carbocycles. The van der Waals surface area contributed by atoms with Crippen LogP contribution in [0.1, 0.15) is 0 Å². The molecule has 3 rings (SSSR count). The molecule has 0 radical (unpaired) electrons. The summed E-state index contributed by atoms with van der Waals surface area (Å²) in [5, 5.41) is 9.89. The third-order valence-corrected chi connectivity index (χ3v) is 3.51. The molecule has 2 aromatic rings. The normalized spacial score (nSPS) is 17.1. The quantitative estimate of drug-likeness (QED) is 0.839. The maximum Gasteiger partial charge on any atom is 0.326 e. The summed E-state index contributed by atoms with van der Waals surface area (Å²) in [6.45, 7) is 4.62. The number of fused-ring (bicyclic) bond motifs is 1. The number of morpholine rings is 1. The summed E-state index contributed by atoms with van der Waals surface area (Å²) in [6.07, 6.45) is 0. The van der Waals surface area contributed by atoms with Crippen LogP contribution < -0.4 is 5.69 Å². The van der Waals surface area contributed by atoms with E-state index in [1.807, 2.05) is 0 Å². The molecule has 1 aliphatic heterocycles. The van der Waals surface area contributed by atoms with Gasteiger partial charge in [-0.05, 0) is 12.1 Å². The summed E-state index contributed by atoms with van der Waals surface area (Å²) in [4.78, 5) is 16.9. The summed E-state index contributed by atoms with van der Waals surface area (Å²) < 4.78 is 6.89. The lowest BCUT2D eigenvalue weighted by atomic mass is 10.3. The number of aromatic hydroxyl groups is 1. The maximum atomic E-state index is 11.9.